The lowest BCUT2D eigenvalue weighted by molar-refractivity contribution is -0.136. The Labute approximate surface area is 126 Å². The Morgan fingerprint density at radius 3 is 2.71 bits per heavy atom. The summed E-state index contributed by atoms with van der Waals surface area (Å²) in [5.74, 6) is 2.05. The molecule has 5 nitrogen and oxygen atoms in total. The van der Waals surface area contributed by atoms with Crippen molar-refractivity contribution < 1.29 is 9.53 Å². The van der Waals surface area contributed by atoms with E-state index in [-0.39, 0.29) is 11.8 Å². The predicted octanol–water partition coefficient (Wildman–Crippen LogP) is 2.21. The molecule has 2 aliphatic heterocycles. The molecule has 3 heterocycles. The molecule has 1 amide bonds. The van der Waals surface area contributed by atoms with Gasteiger partial charge in [0.25, 0.3) is 0 Å². The summed E-state index contributed by atoms with van der Waals surface area (Å²) in [5, 5.41) is 0. The van der Waals surface area contributed by atoms with Crippen LogP contribution in [-0.2, 0) is 9.53 Å². The highest BCUT2D eigenvalue weighted by atomic mass is 16.5. The average molecular weight is 291 g/mol. The molecule has 0 N–H and O–H groups in total. The van der Waals surface area contributed by atoms with E-state index in [1.807, 2.05) is 11.1 Å². The summed E-state index contributed by atoms with van der Waals surface area (Å²) < 4.78 is 7.59. The first-order valence-corrected chi connectivity index (χ1v) is 8.06. The smallest absolute Gasteiger partial charge is 0.228 e. The molecule has 1 atom stereocenters. The predicted molar refractivity (Wildman–Crippen MR) is 80.1 cm³/mol. The molecule has 2 saturated heterocycles. The Kier molecular flexibility index (Phi) is 4.29. The van der Waals surface area contributed by atoms with Crippen molar-refractivity contribution in [3.05, 3.63) is 18.2 Å². The van der Waals surface area contributed by atoms with Crippen molar-refractivity contribution in [3.8, 4) is 0 Å². The summed E-state index contributed by atoms with van der Waals surface area (Å²) in [4.78, 5) is 19.0. The molecule has 0 spiro atoms. The molecule has 2 aliphatic rings. The van der Waals surface area contributed by atoms with Crippen LogP contribution >= 0.6 is 0 Å². The van der Waals surface area contributed by atoms with Gasteiger partial charge in [-0.25, -0.2) is 4.98 Å². The van der Waals surface area contributed by atoms with E-state index in [9.17, 15) is 4.79 Å². The third-order valence-electron chi connectivity index (χ3n) is 4.71. The number of rotatable bonds is 3. The average Bonchev–Trinajstić information content (AvgIpc) is 3.18. The van der Waals surface area contributed by atoms with Crippen molar-refractivity contribution in [2.45, 2.75) is 45.1 Å². The van der Waals surface area contributed by atoms with Crippen LogP contribution in [0.3, 0.4) is 0 Å². The number of aromatic nitrogens is 2. The molecule has 1 aromatic rings. The second-order valence-electron chi connectivity index (χ2n) is 6.45. The Morgan fingerprint density at radius 1 is 1.33 bits per heavy atom. The minimum atomic E-state index is 0.0965. The molecule has 3 rings (SSSR count). The second kappa shape index (κ2) is 6.18. The summed E-state index contributed by atoms with van der Waals surface area (Å²) in [6.07, 6.45) is 6.87. The molecule has 1 aromatic heterocycles. The van der Waals surface area contributed by atoms with Crippen molar-refractivity contribution in [1.29, 1.82) is 0 Å². The van der Waals surface area contributed by atoms with Crippen molar-refractivity contribution >= 4 is 5.91 Å². The molecule has 21 heavy (non-hydrogen) atoms. The topological polar surface area (TPSA) is 47.4 Å². The van der Waals surface area contributed by atoms with Gasteiger partial charge in [0, 0.05) is 44.0 Å². The van der Waals surface area contributed by atoms with E-state index in [0.29, 0.717) is 18.6 Å². The normalized spacial score (nSPS) is 24.0. The van der Waals surface area contributed by atoms with Crippen LogP contribution in [0.25, 0.3) is 0 Å². The van der Waals surface area contributed by atoms with Gasteiger partial charge in [-0.3, -0.25) is 4.79 Å². The van der Waals surface area contributed by atoms with Crippen LogP contribution in [0.5, 0.6) is 0 Å². The molecule has 0 unspecified atom stereocenters. The highest BCUT2D eigenvalue weighted by molar-refractivity contribution is 5.79. The van der Waals surface area contributed by atoms with Gasteiger partial charge in [-0.15, -0.1) is 0 Å². The van der Waals surface area contributed by atoms with Gasteiger partial charge in [0.15, 0.2) is 0 Å². The third kappa shape index (κ3) is 2.98. The van der Waals surface area contributed by atoms with Gasteiger partial charge in [-0.1, -0.05) is 0 Å². The van der Waals surface area contributed by atoms with E-state index in [1.54, 1.807) is 0 Å². The maximum atomic E-state index is 12.4. The first-order chi connectivity index (χ1) is 10.2. The van der Waals surface area contributed by atoms with E-state index < -0.39 is 0 Å². The minimum Gasteiger partial charge on any atom is -0.381 e. The number of amides is 1. The van der Waals surface area contributed by atoms with Gasteiger partial charge in [-0.2, -0.15) is 0 Å². The van der Waals surface area contributed by atoms with Gasteiger partial charge in [0.2, 0.25) is 5.91 Å². The highest BCUT2D eigenvalue weighted by Crippen LogP contribution is 2.29. The highest BCUT2D eigenvalue weighted by Gasteiger charge is 2.32. The number of ether oxygens (including phenoxy) is 1. The van der Waals surface area contributed by atoms with Gasteiger partial charge in [-0.05, 0) is 33.1 Å². The standard InChI is InChI=1S/C16H25N3O2/c1-12(2)19-9-6-17-15(19)13-3-7-18(8-4-13)16(20)14-5-10-21-11-14/h6,9,12-14H,3-5,7-8,10-11H2,1-2H3/t14-/m0/s1. The van der Waals surface area contributed by atoms with Crippen LogP contribution in [0.15, 0.2) is 12.4 Å². The minimum absolute atomic E-state index is 0.0965. The van der Waals surface area contributed by atoms with Crippen LogP contribution in [0.1, 0.15) is 50.9 Å². The number of carbonyl (C=O) groups excluding carboxylic acids is 1. The number of hydrogen-bond donors (Lipinski definition) is 0. The Bertz CT molecular complexity index is 483. The monoisotopic (exact) mass is 291 g/mol. The van der Waals surface area contributed by atoms with Crippen molar-refractivity contribution in [3.63, 3.8) is 0 Å². The Balaban J connectivity index is 1.59. The van der Waals surface area contributed by atoms with Crippen LogP contribution in [0.4, 0.5) is 0 Å². The molecule has 0 radical (unpaired) electrons. The number of nitrogens with zero attached hydrogens (tertiary/aromatic N) is 3. The molecule has 2 fully saturated rings. The molecule has 0 aromatic carbocycles. The SMILES string of the molecule is CC(C)n1ccnc1C1CCN(C(=O)[C@H]2CCOC2)CC1. The first-order valence-electron chi connectivity index (χ1n) is 8.06. The lowest BCUT2D eigenvalue weighted by Gasteiger charge is -2.33. The second-order valence-corrected chi connectivity index (χ2v) is 6.45. The van der Waals surface area contributed by atoms with Crippen molar-refractivity contribution in [2.24, 2.45) is 5.92 Å². The van der Waals surface area contributed by atoms with Crippen LogP contribution in [-0.4, -0.2) is 46.7 Å². The number of carbonyl (C=O) groups is 1. The lowest BCUT2D eigenvalue weighted by Crippen LogP contribution is -2.41. The first kappa shape index (κ1) is 14.6. The fraction of sp³-hybridized carbons (Fsp3) is 0.750. The summed E-state index contributed by atoms with van der Waals surface area (Å²) in [5.41, 5.74) is 0. The summed E-state index contributed by atoms with van der Waals surface area (Å²) in [6, 6.07) is 0.442. The van der Waals surface area contributed by atoms with Crippen molar-refractivity contribution in [2.75, 3.05) is 26.3 Å². The number of likely N-dealkylation sites (tertiary alicyclic amines) is 1. The molecular formula is C16H25N3O2. The molecular weight excluding hydrogens is 266 g/mol. The molecule has 0 bridgehead atoms. The van der Waals surface area contributed by atoms with Gasteiger partial charge in [0.05, 0.1) is 12.5 Å². The molecule has 5 heteroatoms. The van der Waals surface area contributed by atoms with Crippen LogP contribution in [0, 0.1) is 5.92 Å². The molecule has 116 valence electrons. The third-order valence-corrected chi connectivity index (χ3v) is 4.71. The van der Waals surface area contributed by atoms with E-state index in [4.69, 9.17) is 4.74 Å². The quantitative estimate of drug-likeness (QED) is 0.858. The molecule has 0 aliphatic carbocycles. The summed E-state index contributed by atoms with van der Waals surface area (Å²) in [7, 11) is 0. The van der Waals surface area contributed by atoms with Gasteiger partial charge >= 0.3 is 0 Å². The fourth-order valence-electron chi connectivity index (χ4n) is 3.42. The Morgan fingerprint density at radius 2 is 2.10 bits per heavy atom. The van der Waals surface area contributed by atoms with Gasteiger partial charge < -0.3 is 14.2 Å². The lowest BCUT2D eigenvalue weighted by atomic mass is 9.94. The van der Waals surface area contributed by atoms with E-state index in [1.165, 1.54) is 5.82 Å². The van der Waals surface area contributed by atoms with E-state index in [2.05, 4.69) is 29.6 Å². The number of imidazole rings is 1. The zero-order chi connectivity index (χ0) is 14.8. The Hall–Kier alpha value is -1.36. The zero-order valence-electron chi connectivity index (χ0n) is 13.0. The van der Waals surface area contributed by atoms with Crippen LogP contribution < -0.4 is 0 Å². The van der Waals surface area contributed by atoms with Crippen molar-refractivity contribution in [1.82, 2.24) is 14.5 Å². The maximum absolute atomic E-state index is 12.4. The van der Waals surface area contributed by atoms with Crippen LogP contribution in [0.2, 0.25) is 0 Å². The van der Waals surface area contributed by atoms with E-state index in [0.717, 1.165) is 39.0 Å². The maximum Gasteiger partial charge on any atom is 0.228 e. The number of piperidine rings is 1. The number of hydrogen-bond acceptors (Lipinski definition) is 3. The zero-order valence-corrected chi connectivity index (χ0v) is 13.0. The van der Waals surface area contributed by atoms with Gasteiger partial charge in [0.1, 0.15) is 5.82 Å². The largest absolute Gasteiger partial charge is 0.381 e. The summed E-state index contributed by atoms with van der Waals surface area (Å²) in [6.45, 7) is 7.42. The van der Waals surface area contributed by atoms with E-state index >= 15 is 0 Å². The molecule has 0 saturated carbocycles. The fourth-order valence-corrected chi connectivity index (χ4v) is 3.42. The summed E-state index contributed by atoms with van der Waals surface area (Å²) >= 11 is 0.